The third kappa shape index (κ3) is 2.15. The van der Waals surface area contributed by atoms with E-state index >= 15 is 0 Å². The first-order valence-corrected chi connectivity index (χ1v) is 5.94. The number of benzene rings is 2. The summed E-state index contributed by atoms with van der Waals surface area (Å²) in [5.74, 6) is -2.94. The Hall–Kier alpha value is -1.70. The molecule has 0 bridgehead atoms. The first-order valence-electron chi connectivity index (χ1n) is 5.94. The van der Waals surface area contributed by atoms with Gasteiger partial charge in [-0.25, -0.2) is 0 Å². The lowest BCUT2D eigenvalue weighted by atomic mass is 9.94. The van der Waals surface area contributed by atoms with Crippen molar-refractivity contribution >= 4 is 0 Å². The minimum atomic E-state index is -2.94. The highest BCUT2D eigenvalue weighted by molar-refractivity contribution is 5.41. The van der Waals surface area contributed by atoms with Crippen molar-refractivity contribution in [3.63, 3.8) is 0 Å². The van der Waals surface area contributed by atoms with Gasteiger partial charge in [0.1, 0.15) is 0 Å². The number of rotatable bonds is 2. The van der Waals surface area contributed by atoms with Crippen LogP contribution < -0.4 is 0 Å². The van der Waals surface area contributed by atoms with E-state index in [9.17, 15) is 8.78 Å². The van der Waals surface area contributed by atoms with Crippen molar-refractivity contribution in [2.45, 2.75) is 26.7 Å². The van der Waals surface area contributed by atoms with Crippen molar-refractivity contribution in [1.29, 1.82) is 0 Å². The molecule has 18 heavy (non-hydrogen) atoms. The Labute approximate surface area is 106 Å². The van der Waals surface area contributed by atoms with Gasteiger partial charge in [-0.15, -0.1) is 0 Å². The Morgan fingerprint density at radius 3 is 2.06 bits per heavy atom. The molecule has 0 atom stereocenters. The first kappa shape index (κ1) is 12.7. The molecular weight excluding hydrogens is 230 g/mol. The predicted octanol–water partition coefficient (Wildman–Crippen LogP) is 4.75. The van der Waals surface area contributed by atoms with Crippen LogP contribution in [0, 0.1) is 20.8 Å². The van der Waals surface area contributed by atoms with Gasteiger partial charge in [-0.1, -0.05) is 36.4 Å². The zero-order valence-electron chi connectivity index (χ0n) is 10.8. The van der Waals surface area contributed by atoms with Crippen molar-refractivity contribution < 1.29 is 8.78 Å². The monoisotopic (exact) mass is 246 g/mol. The van der Waals surface area contributed by atoms with Gasteiger partial charge in [-0.3, -0.25) is 0 Å². The van der Waals surface area contributed by atoms with Gasteiger partial charge >= 0.3 is 0 Å². The molecule has 0 nitrogen and oxygen atoms in total. The molecule has 0 aliphatic carbocycles. The van der Waals surface area contributed by atoms with Gasteiger partial charge in [0, 0.05) is 11.1 Å². The fraction of sp³-hybridized carbons (Fsp3) is 0.250. The molecule has 2 rings (SSSR count). The Morgan fingerprint density at radius 2 is 1.44 bits per heavy atom. The molecule has 0 spiro atoms. The van der Waals surface area contributed by atoms with Crippen LogP contribution >= 0.6 is 0 Å². The summed E-state index contributed by atoms with van der Waals surface area (Å²) >= 11 is 0. The van der Waals surface area contributed by atoms with Gasteiger partial charge < -0.3 is 0 Å². The van der Waals surface area contributed by atoms with E-state index in [1.54, 1.807) is 37.3 Å². The van der Waals surface area contributed by atoms with Gasteiger partial charge in [-0.05, 0) is 43.5 Å². The molecule has 0 saturated carbocycles. The number of hydrogen-bond acceptors (Lipinski definition) is 0. The maximum absolute atomic E-state index is 14.5. The average Bonchev–Trinajstić information content (AvgIpc) is 2.33. The third-order valence-corrected chi connectivity index (χ3v) is 3.35. The average molecular weight is 246 g/mol. The Morgan fingerprint density at radius 1 is 0.778 bits per heavy atom. The fourth-order valence-corrected chi connectivity index (χ4v) is 2.02. The van der Waals surface area contributed by atoms with Crippen molar-refractivity contribution in [2.75, 3.05) is 0 Å². The number of aryl methyl sites for hydroxylation is 3. The van der Waals surface area contributed by atoms with Crippen LogP contribution in [0.3, 0.4) is 0 Å². The van der Waals surface area contributed by atoms with E-state index in [-0.39, 0.29) is 11.1 Å². The number of halogens is 2. The molecule has 2 aromatic rings. The smallest absolute Gasteiger partial charge is 0.196 e. The third-order valence-electron chi connectivity index (χ3n) is 3.35. The minimum absolute atomic E-state index is 0.0555. The Bertz CT molecular complexity index is 571. The summed E-state index contributed by atoms with van der Waals surface area (Å²) in [5, 5.41) is 0. The van der Waals surface area contributed by atoms with Gasteiger partial charge in [0.25, 0.3) is 5.92 Å². The zero-order chi connectivity index (χ0) is 13.3. The summed E-state index contributed by atoms with van der Waals surface area (Å²) in [6, 6.07) is 11.5. The molecule has 0 N–H and O–H groups in total. The molecule has 0 unspecified atom stereocenters. The molecule has 2 aromatic carbocycles. The quantitative estimate of drug-likeness (QED) is 0.717. The molecule has 0 saturated heterocycles. The van der Waals surface area contributed by atoms with E-state index in [1.807, 2.05) is 13.8 Å². The van der Waals surface area contributed by atoms with Crippen LogP contribution in [0.2, 0.25) is 0 Å². The van der Waals surface area contributed by atoms with Crippen molar-refractivity contribution in [2.24, 2.45) is 0 Å². The van der Waals surface area contributed by atoms with E-state index in [2.05, 4.69) is 0 Å². The minimum Gasteiger partial charge on any atom is -0.196 e. The van der Waals surface area contributed by atoms with E-state index in [4.69, 9.17) is 0 Å². The normalized spacial score (nSPS) is 11.6. The van der Waals surface area contributed by atoms with Crippen LogP contribution in [0.25, 0.3) is 0 Å². The molecule has 0 fully saturated rings. The maximum Gasteiger partial charge on any atom is 0.298 e. The van der Waals surface area contributed by atoms with Crippen molar-refractivity contribution in [3.8, 4) is 0 Å². The van der Waals surface area contributed by atoms with Crippen LogP contribution in [0.15, 0.2) is 42.5 Å². The van der Waals surface area contributed by atoms with Gasteiger partial charge in [-0.2, -0.15) is 8.78 Å². The van der Waals surface area contributed by atoms with Crippen LogP contribution in [0.4, 0.5) is 8.78 Å². The lowest BCUT2D eigenvalue weighted by Crippen LogP contribution is -2.17. The molecule has 2 heteroatoms. The van der Waals surface area contributed by atoms with Crippen molar-refractivity contribution in [3.05, 3.63) is 70.3 Å². The maximum atomic E-state index is 14.5. The predicted molar refractivity (Wildman–Crippen MR) is 70.1 cm³/mol. The summed E-state index contributed by atoms with van der Waals surface area (Å²) in [7, 11) is 0. The highest BCUT2D eigenvalue weighted by Gasteiger charge is 2.35. The zero-order valence-corrected chi connectivity index (χ0v) is 10.8. The molecule has 0 heterocycles. The molecule has 94 valence electrons. The SMILES string of the molecule is Cc1ccc(C(F)(F)c2ccccc2C)cc1C. The fourth-order valence-electron chi connectivity index (χ4n) is 2.02. The lowest BCUT2D eigenvalue weighted by Gasteiger charge is -2.20. The highest BCUT2D eigenvalue weighted by Crippen LogP contribution is 2.37. The first-order chi connectivity index (χ1) is 8.43. The molecule has 0 aliphatic heterocycles. The summed E-state index contributed by atoms with van der Waals surface area (Å²) in [6.45, 7) is 5.49. The lowest BCUT2D eigenvalue weighted by molar-refractivity contribution is 0.0421. The second kappa shape index (κ2) is 4.52. The van der Waals surface area contributed by atoms with Crippen LogP contribution in [0.5, 0.6) is 0 Å². The summed E-state index contributed by atoms with van der Waals surface area (Å²) in [5.41, 5.74) is 2.66. The van der Waals surface area contributed by atoms with Crippen LogP contribution in [-0.2, 0) is 5.92 Å². The Kier molecular flexibility index (Phi) is 3.20. The summed E-state index contributed by atoms with van der Waals surface area (Å²) in [6.07, 6.45) is 0. The largest absolute Gasteiger partial charge is 0.298 e. The molecule has 0 radical (unpaired) electrons. The van der Waals surface area contributed by atoms with E-state index < -0.39 is 5.92 Å². The van der Waals surface area contributed by atoms with Gasteiger partial charge in [0.15, 0.2) is 0 Å². The molecular formula is C16H16F2. The van der Waals surface area contributed by atoms with Crippen molar-refractivity contribution in [1.82, 2.24) is 0 Å². The van der Waals surface area contributed by atoms with Crippen LogP contribution in [-0.4, -0.2) is 0 Å². The number of alkyl halides is 2. The second-order valence-corrected chi connectivity index (χ2v) is 4.69. The second-order valence-electron chi connectivity index (χ2n) is 4.69. The topological polar surface area (TPSA) is 0 Å². The van der Waals surface area contributed by atoms with E-state index in [1.165, 1.54) is 12.1 Å². The van der Waals surface area contributed by atoms with Gasteiger partial charge in [0.05, 0.1) is 0 Å². The summed E-state index contributed by atoms with van der Waals surface area (Å²) in [4.78, 5) is 0. The highest BCUT2D eigenvalue weighted by atomic mass is 19.3. The molecule has 0 aliphatic rings. The Balaban J connectivity index is 2.54. The molecule has 0 aromatic heterocycles. The number of hydrogen-bond donors (Lipinski definition) is 0. The van der Waals surface area contributed by atoms with Crippen LogP contribution in [0.1, 0.15) is 27.8 Å². The van der Waals surface area contributed by atoms with E-state index in [0.717, 1.165) is 11.1 Å². The standard InChI is InChI=1S/C16H16F2/c1-11-8-9-14(10-13(11)3)16(17,18)15-7-5-4-6-12(15)2/h4-10H,1-3H3. The van der Waals surface area contributed by atoms with E-state index in [0.29, 0.717) is 5.56 Å². The van der Waals surface area contributed by atoms with Gasteiger partial charge in [0.2, 0.25) is 0 Å². The molecule has 0 amide bonds. The summed E-state index contributed by atoms with van der Waals surface area (Å²) < 4.78 is 28.9.